The van der Waals surface area contributed by atoms with Crippen molar-refractivity contribution in [1.82, 2.24) is 4.90 Å². The summed E-state index contributed by atoms with van der Waals surface area (Å²) < 4.78 is 10.7. The second-order valence-electron chi connectivity index (χ2n) is 8.83. The lowest BCUT2D eigenvalue weighted by atomic mass is 9.99. The van der Waals surface area contributed by atoms with Crippen molar-refractivity contribution < 1.29 is 19.1 Å². The Morgan fingerprint density at radius 1 is 1.07 bits per heavy atom. The van der Waals surface area contributed by atoms with E-state index in [1.165, 1.54) is 5.57 Å². The molecule has 0 fully saturated rings. The van der Waals surface area contributed by atoms with Crippen molar-refractivity contribution in [3.8, 4) is 0 Å². The van der Waals surface area contributed by atoms with E-state index in [-0.39, 0.29) is 6.09 Å². The van der Waals surface area contributed by atoms with Crippen LogP contribution < -0.4 is 10.6 Å². The van der Waals surface area contributed by atoms with Gasteiger partial charge in [-0.1, -0.05) is 12.1 Å². The van der Waals surface area contributed by atoms with Crippen molar-refractivity contribution >= 4 is 38.0 Å². The third-order valence-corrected chi connectivity index (χ3v) is 4.40. The molecule has 1 aromatic rings. The van der Waals surface area contributed by atoms with Gasteiger partial charge in [0.1, 0.15) is 11.2 Å². The number of carbonyl (C=O) groups is 2. The highest BCUT2D eigenvalue weighted by Gasteiger charge is 2.24. The van der Waals surface area contributed by atoms with Gasteiger partial charge < -0.3 is 14.4 Å². The number of rotatable bonds is 2. The molecule has 1 N–H and O–H groups in total. The first-order valence-electron chi connectivity index (χ1n) is 9.41. The lowest BCUT2D eigenvalue weighted by Gasteiger charge is -2.29. The van der Waals surface area contributed by atoms with Gasteiger partial charge in [-0.3, -0.25) is 5.32 Å². The minimum atomic E-state index is -0.544. The van der Waals surface area contributed by atoms with Crippen LogP contribution in [-0.4, -0.2) is 41.4 Å². The molecule has 0 saturated heterocycles. The number of nitrogens with zero attached hydrogens (tertiary/aromatic N) is 1. The highest BCUT2D eigenvalue weighted by atomic mass is 31.0. The number of carbonyl (C=O) groups excluding carboxylic acids is 2. The van der Waals surface area contributed by atoms with Crippen LogP contribution in [-0.2, 0) is 9.47 Å². The van der Waals surface area contributed by atoms with Crippen LogP contribution in [0.3, 0.4) is 0 Å². The quantitative estimate of drug-likeness (QED) is 0.731. The number of nitrogens with one attached hydrogen (secondary N) is 1. The summed E-state index contributed by atoms with van der Waals surface area (Å²) in [5.41, 5.74) is 1.90. The molecule has 2 amide bonds. The van der Waals surface area contributed by atoms with Crippen LogP contribution in [0, 0.1) is 0 Å². The standard InChI is InChI=1S/C21H31N2O4P/c1-20(2,3)26-18(24)22-16-8-7-15(13-17(16)28)14-9-11-23(12-10-14)19(25)27-21(4,5)6/h7-9,13H,10-12,28H2,1-6H3,(H,22,24). The van der Waals surface area contributed by atoms with Gasteiger partial charge in [-0.2, -0.15) is 0 Å². The predicted molar refractivity (Wildman–Crippen MR) is 116 cm³/mol. The van der Waals surface area contributed by atoms with Crippen molar-refractivity contribution in [2.24, 2.45) is 0 Å². The predicted octanol–water partition coefficient (Wildman–Crippen LogP) is 4.56. The van der Waals surface area contributed by atoms with Crippen LogP contribution in [0.25, 0.3) is 5.57 Å². The molecule has 0 spiro atoms. The summed E-state index contributed by atoms with van der Waals surface area (Å²) in [6.45, 7) is 12.2. The molecule has 1 aromatic carbocycles. The Morgan fingerprint density at radius 2 is 1.71 bits per heavy atom. The second kappa shape index (κ2) is 8.52. The molecule has 0 bridgehead atoms. The van der Waals surface area contributed by atoms with Crippen LogP contribution in [0.2, 0.25) is 0 Å². The molecule has 7 heteroatoms. The van der Waals surface area contributed by atoms with Crippen LogP contribution in [0.5, 0.6) is 0 Å². The summed E-state index contributed by atoms with van der Waals surface area (Å²) in [6, 6.07) is 5.84. The molecule has 0 saturated carbocycles. The number of hydrogen-bond donors (Lipinski definition) is 1. The Hall–Kier alpha value is -2.07. The second-order valence-corrected chi connectivity index (χ2v) is 9.46. The summed E-state index contributed by atoms with van der Waals surface area (Å²) in [7, 11) is 2.64. The van der Waals surface area contributed by atoms with E-state index in [9.17, 15) is 9.59 Å². The largest absolute Gasteiger partial charge is 0.444 e. The lowest BCUT2D eigenvalue weighted by Crippen LogP contribution is -2.39. The Balaban J connectivity index is 2.02. The molecule has 2 rings (SSSR count). The Bertz CT molecular complexity index is 776. The number of benzene rings is 1. The molecule has 0 aromatic heterocycles. The van der Waals surface area contributed by atoms with Crippen LogP contribution in [0.1, 0.15) is 53.5 Å². The maximum absolute atomic E-state index is 12.2. The minimum absolute atomic E-state index is 0.286. The van der Waals surface area contributed by atoms with Gasteiger partial charge in [0, 0.05) is 13.1 Å². The highest BCUT2D eigenvalue weighted by molar-refractivity contribution is 7.28. The zero-order valence-electron chi connectivity index (χ0n) is 17.6. The summed E-state index contributed by atoms with van der Waals surface area (Å²) >= 11 is 0. The van der Waals surface area contributed by atoms with Crippen molar-refractivity contribution in [2.75, 3.05) is 18.4 Å². The van der Waals surface area contributed by atoms with E-state index in [1.54, 1.807) is 4.90 Å². The molecule has 154 valence electrons. The van der Waals surface area contributed by atoms with E-state index in [4.69, 9.17) is 9.47 Å². The molecule has 1 aliphatic heterocycles. The number of hydrogen-bond acceptors (Lipinski definition) is 4. The average molecular weight is 406 g/mol. The van der Waals surface area contributed by atoms with E-state index >= 15 is 0 Å². The van der Waals surface area contributed by atoms with Gasteiger partial charge in [0.25, 0.3) is 0 Å². The molecule has 6 nitrogen and oxygen atoms in total. The fraction of sp³-hybridized carbons (Fsp3) is 0.524. The summed E-state index contributed by atoms with van der Waals surface area (Å²) in [4.78, 5) is 25.8. The van der Waals surface area contributed by atoms with Crippen molar-refractivity contribution in [3.05, 3.63) is 29.8 Å². The SMILES string of the molecule is CC(C)(C)OC(=O)Nc1ccc(C2=CCN(C(=O)OC(C)(C)C)CC2)cc1P. The topological polar surface area (TPSA) is 67.9 Å². The van der Waals surface area contributed by atoms with E-state index in [2.05, 4.69) is 14.6 Å². The van der Waals surface area contributed by atoms with Gasteiger partial charge in [-0.05, 0) is 76.5 Å². The summed E-state index contributed by atoms with van der Waals surface area (Å²) in [5, 5.41) is 3.64. The molecule has 0 radical (unpaired) electrons. The van der Waals surface area contributed by atoms with Crippen LogP contribution in [0.15, 0.2) is 24.3 Å². The first-order valence-corrected chi connectivity index (χ1v) is 9.99. The van der Waals surface area contributed by atoms with Gasteiger partial charge in [-0.25, -0.2) is 9.59 Å². The highest BCUT2D eigenvalue weighted by Crippen LogP contribution is 2.25. The average Bonchev–Trinajstić information content (AvgIpc) is 2.53. The molecular formula is C21H31N2O4P. The fourth-order valence-corrected chi connectivity index (χ4v) is 3.06. The monoisotopic (exact) mass is 406 g/mol. The first kappa shape index (κ1) is 22.2. The molecule has 1 heterocycles. The Labute approximate surface area is 169 Å². The van der Waals surface area contributed by atoms with Crippen molar-refractivity contribution in [3.63, 3.8) is 0 Å². The van der Waals surface area contributed by atoms with Crippen LogP contribution in [0.4, 0.5) is 15.3 Å². The molecule has 1 aliphatic rings. The fourth-order valence-electron chi connectivity index (χ4n) is 2.71. The third kappa shape index (κ3) is 6.83. The molecular weight excluding hydrogens is 375 g/mol. The number of anilines is 1. The van der Waals surface area contributed by atoms with Crippen LogP contribution >= 0.6 is 9.24 Å². The van der Waals surface area contributed by atoms with Gasteiger partial charge in [0.05, 0.1) is 5.69 Å². The maximum Gasteiger partial charge on any atom is 0.412 e. The maximum atomic E-state index is 12.2. The smallest absolute Gasteiger partial charge is 0.412 e. The van der Waals surface area contributed by atoms with E-state index in [0.717, 1.165) is 17.3 Å². The van der Waals surface area contributed by atoms with E-state index in [1.807, 2.05) is 65.8 Å². The molecule has 28 heavy (non-hydrogen) atoms. The normalized spacial score (nSPS) is 15.0. The van der Waals surface area contributed by atoms with Gasteiger partial charge in [-0.15, -0.1) is 9.24 Å². The zero-order valence-corrected chi connectivity index (χ0v) is 18.7. The summed E-state index contributed by atoms with van der Waals surface area (Å²) in [6.07, 6.45) is 2.04. The number of ether oxygens (including phenoxy) is 2. The zero-order chi connectivity index (χ0) is 21.1. The third-order valence-electron chi connectivity index (χ3n) is 3.92. The Kier molecular flexibility index (Phi) is 6.76. The van der Waals surface area contributed by atoms with Gasteiger partial charge in [0.15, 0.2) is 0 Å². The summed E-state index contributed by atoms with van der Waals surface area (Å²) in [5.74, 6) is 0. The first-order chi connectivity index (χ1) is 12.8. The van der Waals surface area contributed by atoms with E-state index < -0.39 is 17.3 Å². The Morgan fingerprint density at radius 3 is 2.21 bits per heavy atom. The van der Waals surface area contributed by atoms with Crippen molar-refractivity contribution in [1.29, 1.82) is 0 Å². The minimum Gasteiger partial charge on any atom is -0.444 e. The van der Waals surface area contributed by atoms with Crippen molar-refractivity contribution in [2.45, 2.75) is 59.2 Å². The van der Waals surface area contributed by atoms with Gasteiger partial charge >= 0.3 is 12.2 Å². The van der Waals surface area contributed by atoms with E-state index in [0.29, 0.717) is 18.8 Å². The lowest BCUT2D eigenvalue weighted by molar-refractivity contribution is 0.0270. The van der Waals surface area contributed by atoms with Gasteiger partial charge in [0.2, 0.25) is 0 Å². The molecule has 1 unspecified atom stereocenters. The molecule has 1 atom stereocenters. The molecule has 0 aliphatic carbocycles. The number of amides is 2.